The molecule has 2 atom stereocenters. The lowest BCUT2D eigenvalue weighted by Crippen LogP contribution is -2.46. The van der Waals surface area contributed by atoms with E-state index in [9.17, 15) is 4.79 Å². The number of benzene rings is 1. The molecule has 5 nitrogen and oxygen atoms in total. The number of para-hydroxylation sites is 1. The van der Waals surface area contributed by atoms with Gasteiger partial charge in [0.2, 0.25) is 5.91 Å². The van der Waals surface area contributed by atoms with E-state index in [1.165, 1.54) is 5.56 Å². The van der Waals surface area contributed by atoms with E-state index in [-0.39, 0.29) is 18.6 Å². The van der Waals surface area contributed by atoms with Crippen molar-refractivity contribution in [1.82, 2.24) is 9.80 Å². The number of carbonyl (C=O) groups excluding carboxylic acids is 1. The summed E-state index contributed by atoms with van der Waals surface area (Å²) in [4.78, 5) is 16.1. The van der Waals surface area contributed by atoms with Gasteiger partial charge >= 0.3 is 0 Å². The molecule has 2 heterocycles. The number of hydrogen-bond acceptors (Lipinski definition) is 4. The molecule has 0 radical (unpaired) electrons. The van der Waals surface area contributed by atoms with Gasteiger partial charge in [0.05, 0.1) is 12.7 Å². The predicted molar refractivity (Wildman–Crippen MR) is 88.4 cm³/mol. The highest BCUT2D eigenvalue weighted by atomic mass is 16.5. The Hall–Kier alpha value is -1.59. The van der Waals surface area contributed by atoms with Crippen LogP contribution in [0, 0.1) is 5.92 Å². The summed E-state index contributed by atoms with van der Waals surface area (Å²) in [5, 5.41) is 0. The summed E-state index contributed by atoms with van der Waals surface area (Å²) in [6.45, 7) is 6.55. The van der Waals surface area contributed by atoms with Crippen molar-refractivity contribution in [3.63, 3.8) is 0 Å². The molecule has 1 amide bonds. The van der Waals surface area contributed by atoms with E-state index in [1.807, 2.05) is 31.0 Å². The highest BCUT2D eigenvalue weighted by Crippen LogP contribution is 2.27. The maximum absolute atomic E-state index is 11.8. The summed E-state index contributed by atoms with van der Waals surface area (Å²) in [7, 11) is 1.87. The van der Waals surface area contributed by atoms with Gasteiger partial charge in [-0.1, -0.05) is 18.2 Å². The van der Waals surface area contributed by atoms with Crippen LogP contribution in [0.25, 0.3) is 0 Å². The van der Waals surface area contributed by atoms with Crippen LogP contribution in [0.2, 0.25) is 0 Å². The number of likely N-dealkylation sites (N-methyl/N-ethyl adjacent to an activating group) is 1. The lowest BCUT2D eigenvalue weighted by atomic mass is 9.94. The van der Waals surface area contributed by atoms with Crippen molar-refractivity contribution >= 4 is 5.91 Å². The fourth-order valence-corrected chi connectivity index (χ4v) is 3.54. The van der Waals surface area contributed by atoms with Gasteiger partial charge in [0, 0.05) is 44.7 Å². The molecule has 3 rings (SSSR count). The normalized spacial score (nSPS) is 25.8. The predicted octanol–water partition coefficient (Wildman–Crippen LogP) is 1.76. The van der Waals surface area contributed by atoms with E-state index in [1.54, 1.807) is 0 Å². The minimum atomic E-state index is 0.0904. The zero-order chi connectivity index (χ0) is 16.2. The quantitative estimate of drug-likeness (QED) is 0.848. The molecule has 2 fully saturated rings. The summed E-state index contributed by atoms with van der Waals surface area (Å²) in [5.41, 5.74) is 1.23. The van der Waals surface area contributed by atoms with Crippen LogP contribution in [0.15, 0.2) is 24.3 Å². The zero-order valence-corrected chi connectivity index (χ0v) is 14.0. The minimum absolute atomic E-state index is 0.0904. The number of carbonyl (C=O) groups is 1. The Labute approximate surface area is 138 Å². The lowest BCUT2D eigenvalue weighted by Gasteiger charge is -2.37. The Balaban J connectivity index is 1.66. The standard InChI is InChI=1S/C18H26N2O3/c1-3-22-16-7-5-4-6-14(16)11-20-9-8-17-15(12-20)10-19(2)18(21)13-23-17/h4-7,15,17H,3,8-13H2,1-2H3/t15-,17-/m0/s1. The van der Waals surface area contributed by atoms with Crippen molar-refractivity contribution in [3.8, 4) is 5.75 Å². The maximum atomic E-state index is 11.8. The summed E-state index contributed by atoms with van der Waals surface area (Å²) in [6, 6.07) is 8.25. The van der Waals surface area contributed by atoms with Gasteiger partial charge < -0.3 is 14.4 Å². The molecule has 2 aliphatic rings. The van der Waals surface area contributed by atoms with Crippen LogP contribution in [-0.2, 0) is 16.1 Å². The summed E-state index contributed by atoms with van der Waals surface area (Å²) in [6.07, 6.45) is 1.20. The molecule has 0 saturated carbocycles. The number of piperidine rings is 1. The van der Waals surface area contributed by atoms with E-state index in [2.05, 4.69) is 17.0 Å². The number of hydrogen-bond donors (Lipinski definition) is 0. The molecular formula is C18H26N2O3. The Morgan fingerprint density at radius 2 is 2.13 bits per heavy atom. The van der Waals surface area contributed by atoms with Gasteiger partial charge in [-0.3, -0.25) is 9.69 Å². The number of fused-ring (bicyclic) bond motifs is 1. The van der Waals surface area contributed by atoms with E-state index < -0.39 is 0 Å². The van der Waals surface area contributed by atoms with Crippen LogP contribution >= 0.6 is 0 Å². The van der Waals surface area contributed by atoms with Crippen molar-refractivity contribution in [2.45, 2.75) is 26.0 Å². The van der Waals surface area contributed by atoms with Gasteiger partial charge in [-0.25, -0.2) is 0 Å². The smallest absolute Gasteiger partial charge is 0.248 e. The molecule has 0 N–H and O–H groups in total. The monoisotopic (exact) mass is 318 g/mol. The van der Waals surface area contributed by atoms with Crippen LogP contribution in [0.1, 0.15) is 18.9 Å². The Kier molecular flexibility index (Phi) is 5.18. The molecular weight excluding hydrogens is 292 g/mol. The second kappa shape index (κ2) is 7.32. The first-order valence-electron chi connectivity index (χ1n) is 8.46. The average Bonchev–Trinajstić information content (AvgIpc) is 2.69. The second-order valence-electron chi connectivity index (χ2n) is 6.45. The number of ether oxygens (including phenoxy) is 2. The largest absolute Gasteiger partial charge is 0.494 e. The van der Waals surface area contributed by atoms with Gasteiger partial charge in [-0.05, 0) is 19.4 Å². The molecule has 0 bridgehead atoms. The van der Waals surface area contributed by atoms with Crippen LogP contribution in [0.4, 0.5) is 0 Å². The third-order valence-electron chi connectivity index (χ3n) is 4.77. The van der Waals surface area contributed by atoms with Gasteiger partial charge in [0.1, 0.15) is 12.4 Å². The molecule has 0 unspecified atom stereocenters. The number of rotatable bonds is 4. The van der Waals surface area contributed by atoms with E-state index in [4.69, 9.17) is 9.47 Å². The number of amides is 1. The van der Waals surface area contributed by atoms with E-state index in [0.29, 0.717) is 12.5 Å². The molecule has 1 aromatic carbocycles. The van der Waals surface area contributed by atoms with E-state index >= 15 is 0 Å². The number of likely N-dealkylation sites (tertiary alicyclic amines) is 1. The molecule has 126 valence electrons. The van der Waals surface area contributed by atoms with Crippen molar-refractivity contribution in [2.75, 3.05) is 39.9 Å². The minimum Gasteiger partial charge on any atom is -0.494 e. The molecule has 2 saturated heterocycles. The second-order valence-corrected chi connectivity index (χ2v) is 6.45. The van der Waals surface area contributed by atoms with Gasteiger partial charge in [-0.2, -0.15) is 0 Å². The molecule has 1 aromatic rings. The van der Waals surface area contributed by atoms with Gasteiger partial charge in [0.15, 0.2) is 0 Å². The molecule has 5 heteroatoms. The molecule has 2 aliphatic heterocycles. The number of nitrogens with zero attached hydrogens (tertiary/aromatic N) is 2. The maximum Gasteiger partial charge on any atom is 0.248 e. The lowest BCUT2D eigenvalue weighted by molar-refractivity contribution is -0.133. The molecule has 0 aliphatic carbocycles. The average molecular weight is 318 g/mol. The van der Waals surface area contributed by atoms with Crippen LogP contribution in [0.5, 0.6) is 5.75 Å². The van der Waals surface area contributed by atoms with Gasteiger partial charge in [-0.15, -0.1) is 0 Å². The summed E-state index contributed by atoms with van der Waals surface area (Å²) >= 11 is 0. The van der Waals surface area contributed by atoms with Crippen molar-refractivity contribution in [3.05, 3.63) is 29.8 Å². The van der Waals surface area contributed by atoms with Crippen molar-refractivity contribution < 1.29 is 14.3 Å². The van der Waals surface area contributed by atoms with Crippen LogP contribution in [0.3, 0.4) is 0 Å². The Bertz CT molecular complexity index is 549. The fourth-order valence-electron chi connectivity index (χ4n) is 3.54. The fraction of sp³-hybridized carbons (Fsp3) is 0.611. The molecule has 0 spiro atoms. The first-order chi connectivity index (χ1) is 11.2. The van der Waals surface area contributed by atoms with Crippen molar-refractivity contribution in [2.24, 2.45) is 5.92 Å². The Morgan fingerprint density at radius 1 is 1.30 bits per heavy atom. The topological polar surface area (TPSA) is 42.0 Å². The third kappa shape index (κ3) is 3.85. The van der Waals surface area contributed by atoms with Crippen LogP contribution < -0.4 is 4.74 Å². The Morgan fingerprint density at radius 3 is 2.96 bits per heavy atom. The SMILES string of the molecule is CCOc1ccccc1CN1CC[C@@H]2OCC(=O)N(C)C[C@H]2C1. The third-order valence-corrected chi connectivity index (χ3v) is 4.77. The molecule has 23 heavy (non-hydrogen) atoms. The van der Waals surface area contributed by atoms with Gasteiger partial charge in [0.25, 0.3) is 0 Å². The molecule has 0 aromatic heterocycles. The first kappa shape index (κ1) is 16.3. The highest BCUT2D eigenvalue weighted by molar-refractivity contribution is 5.77. The first-order valence-corrected chi connectivity index (χ1v) is 8.46. The van der Waals surface area contributed by atoms with Crippen LogP contribution in [-0.4, -0.2) is 61.7 Å². The highest BCUT2D eigenvalue weighted by Gasteiger charge is 2.34. The summed E-state index contributed by atoms with van der Waals surface area (Å²) < 4.78 is 11.5. The van der Waals surface area contributed by atoms with Crippen molar-refractivity contribution in [1.29, 1.82) is 0 Å². The van der Waals surface area contributed by atoms with E-state index in [0.717, 1.165) is 38.3 Å². The zero-order valence-electron chi connectivity index (χ0n) is 14.0. The summed E-state index contributed by atoms with van der Waals surface area (Å²) in [5.74, 6) is 1.45.